The van der Waals surface area contributed by atoms with Crippen LogP contribution in [-0.4, -0.2) is 17.5 Å². The monoisotopic (exact) mass is 249 g/mol. The second-order valence-electron chi connectivity index (χ2n) is 4.65. The fraction of sp³-hybridized carbons (Fsp3) is 0.538. The van der Waals surface area contributed by atoms with E-state index in [0.29, 0.717) is 18.2 Å². The number of nitrogens with one attached hydrogen (secondary N) is 1. The summed E-state index contributed by atoms with van der Waals surface area (Å²) in [6.07, 6.45) is 5.17. The molecule has 0 aliphatic heterocycles. The zero-order valence-corrected chi connectivity index (χ0v) is 10.4. The van der Waals surface area contributed by atoms with Crippen molar-refractivity contribution in [2.75, 3.05) is 6.61 Å². The van der Waals surface area contributed by atoms with Gasteiger partial charge in [0.2, 0.25) is 0 Å². The lowest BCUT2D eigenvalue weighted by atomic mass is 10.1. The maximum absolute atomic E-state index is 11.3. The van der Waals surface area contributed by atoms with Crippen LogP contribution in [0.3, 0.4) is 0 Å². The molecule has 0 aromatic carbocycles. The van der Waals surface area contributed by atoms with Crippen molar-refractivity contribution >= 4 is 5.91 Å². The summed E-state index contributed by atoms with van der Waals surface area (Å²) in [6.45, 7) is 1.23. The maximum Gasteiger partial charge on any atom is 0.283 e. The zero-order valence-electron chi connectivity index (χ0n) is 10.4. The van der Waals surface area contributed by atoms with Crippen molar-refractivity contribution in [3.8, 4) is 0 Å². The number of ether oxygens (including phenoxy) is 1. The molecule has 0 radical (unpaired) electrons. The topological polar surface area (TPSA) is 77.2 Å². The molecular formula is C13H19N3O2. The van der Waals surface area contributed by atoms with Crippen molar-refractivity contribution < 1.29 is 9.53 Å². The number of rotatable bonds is 5. The van der Waals surface area contributed by atoms with E-state index in [2.05, 4.69) is 10.4 Å². The van der Waals surface area contributed by atoms with E-state index in [9.17, 15) is 4.79 Å². The van der Waals surface area contributed by atoms with Crippen LogP contribution in [0.15, 0.2) is 18.2 Å². The van der Waals surface area contributed by atoms with Gasteiger partial charge in [-0.2, -0.15) is 0 Å². The Morgan fingerprint density at radius 2 is 2.22 bits per heavy atom. The third-order valence-corrected chi connectivity index (χ3v) is 3.25. The number of nitrogens with two attached hydrogens (primary N) is 1. The number of amides is 1. The lowest BCUT2D eigenvalue weighted by Gasteiger charge is -2.09. The minimum atomic E-state index is -0.382. The van der Waals surface area contributed by atoms with E-state index in [4.69, 9.17) is 10.6 Å². The van der Waals surface area contributed by atoms with Gasteiger partial charge in [0.05, 0.1) is 12.3 Å². The van der Waals surface area contributed by atoms with Gasteiger partial charge in [-0.05, 0) is 30.9 Å². The van der Waals surface area contributed by atoms with Crippen molar-refractivity contribution in [2.45, 2.75) is 32.3 Å². The molecule has 1 aromatic rings. The van der Waals surface area contributed by atoms with E-state index in [1.807, 2.05) is 6.07 Å². The Bertz CT molecular complexity index is 403. The Morgan fingerprint density at radius 3 is 2.94 bits per heavy atom. The molecular weight excluding hydrogens is 230 g/mol. The number of nitrogen functional groups attached to an aromatic ring is 1. The summed E-state index contributed by atoms with van der Waals surface area (Å²) in [4.78, 5) is 15.5. The normalized spacial score (nSPS) is 15.8. The first-order valence-corrected chi connectivity index (χ1v) is 6.34. The Balaban J connectivity index is 1.83. The smallest absolute Gasteiger partial charge is 0.283 e. The van der Waals surface area contributed by atoms with Gasteiger partial charge in [-0.25, -0.2) is 10.8 Å². The second kappa shape index (κ2) is 6.47. The van der Waals surface area contributed by atoms with Crippen LogP contribution in [0.25, 0.3) is 0 Å². The molecule has 3 N–H and O–H groups in total. The molecule has 1 heterocycles. The molecule has 1 aromatic heterocycles. The molecule has 0 spiro atoms. The molecule has 0 bridgehead atoms. The third-order valence-electron chi connectivity index (χ3n) is 3.25. The highest BCUT2D eigenvalue weighted by molar-refractivity contribution is 5.91. The van der Waals surface area contributed by atoms with E-state index in [1.165, 1.54) is 25.7 Å². The zero-order chi connectivity index (χ0) is 12.8. The summed E-state index contributed by atoms with van der Waals surface area (Å²) < 4.78 is 5.65. The molecule has 18 heavy (non-hydrogen) atoms. The van der Waals surface area contributed by atoms with Gasteiger partial charge in [-0.3, -0.25) is 10.2 Å². The Hall–Kier alpha value is -1.46. The molecule has 1 amide bonds. The largest absolute Gasteiger partial charge is 0.375 e. The highest BCUT2D eigenvalue weighted by Crippen LogP contribution is 2.24. The van der Waals surface area contributed by atoms with E-state index in [0.717, 1.165) is 12.3 Å². The average Bonchev–Trinajstić information content (AvgIpc) is 2.91. The standard InChI is InChI=1S/C13H19N3O2/c14-16-13(17)12-7-3-6-11(15-12)9-18-8-10-4-1-2-5-10/h3,6-7,10H,1-2,4-5,8-9,14H2,(H,16,17). The van der Waals surface area contributed by atoms with E-state index >= 15 is 0 Å². The van der Waals surface area contributed by atoms with Crippen LogP contribution in [0.4, 0.5) is 0 Å². The van der Waals surface area contributed by atoms with Gasteiger partial charge in [0.1, 0.15) is 5.69 Å². The summed E-state index contributed by atoms with van der Waals surface area (Å²) in [5.41, 5.74) is 3.14. The van der Waals surface area contributed by atoms with E-state index < -0.39 is 0 Å². The molecule has 1 aliphatic rings. The summed E-state index contributed by atoms with van der Waals surface area (Å²) in [7, 11) is 0. The Morgan fingerprint density at radius 1 is 1.44 bits per heavy atom. The third kappa shape index (κ3) is 3.51. The second-order valence-corrected chi connectivity index (χ2v) is 4.65. The van der Waals surface area contributed by atoms with Crippen LogP contribution in [0.1, 0.15) is 41.9 Å². The number of nitrogens with zero attached hydrogens (tertiary/aromatic N) is 1. The van der Waals surface area contributed by atoms with E-state index in [1.54, 1.807) is 12.1 Å². The van der Waals surface area contributed by atoms with Crippen molar-refractivity contribution in [1.82, 2.24) is 10.4 Å². The molecule has 1 aliphatic carbocycles. The quantitative estimate of drug-likeness (QED) is 0.469. The SMILES string of the molecule is NNC(=O)c1cccc(COCC2CCCC2)n1. The molecule has 0 atom stereocenters. The summed E-state index contributed by atoms with van der Waals surface area (Å²) in [6, 6.07) is 5.26. The van der Waals surface area contributed by atoms with Crippen molar-refractivity contribution in [1.29, 1.82) is 0 Å². The van der Waals surface area contributed by atoms with Crippen LogP contribution in [0, 0.1) is 5.92 Å². The predicted molar refractivity (Wildman–Crippen MR) is 67.5 cm³/mol. The number of hydrogen-bond acceptors (Lipinski definition) is 4. The molecule has 98 valence electrons. The molecule has 0 unspecified atom stereocenters. The van der Waals surface area contributed by atoms with Crippen LogP contribution in [0.2, 0.25) is 0 Å². The minimum absolute atomic E-state index is 0.319. The Labute approximate surface area is 107 Å². The lowest BCUT2D eigenvalue weighted by Crippen LogP contribution is -2.30. The molecule has 5 heteroatoms. The highest BCUT2D eigenvalue weighted by atomic mass is 16.5. The first-order valence-electron chi connectivity index (χ1n) is 6.34. The first kappa shape index (κ1) is 13.0. The number of pyridine rings is 1. The summed E-state index contributed by atoms with van der Waals surface area (Å²) in [5.74, 6) is 5.38. The van der Waals surface area contributed by atoms with Crippen molar-refractivity contribution in [2.24, 2.45) is 11.8 Å². The lowest BCUT2D eigenvalue weighted by molar-refractivity contribution is 0.0860. The molecule has 1 saturated carbocycles. The van der Waals surface area contributed by atoms with Gasteiger partial charge in [0, 0.05) is 6.61 Å². The molecule has 2 rings (SSSR count). The van der Waals surface area contributed by atoms with Crippen LogP contribution < -0.4 is 11.3 Å². The Kier molecular flexibility index (Phi) is 4.66. The number of carbonyl (C=O) groups is 1. The minimum Gasteiger partial charge on any atom is -0.375 e. The van der Waals surface area contributed by atoms with E-state index in [-0.39, 0.29) is 5.91 Å². The van der Waals surface area contributed by atoms with Gasteiger partial charge in [0.15, 0.2) is 0 Å². The van der Waals surface area contributed by atoms with Crippen molar-refractivity contribution in [3.63, 3.8) is 0 Å². The van der Waals surface area contributed by atoms with Gasteiger partial charge in [-0.15, -0.1) is 0 Å². The maximum atomic E-state index is 11.3. The van der Waals surface area contributed by atoms with Crippen molar-refractivity contribution in [3.05, 3.63) is 29.6 Å². The number of aromatic nitrogens is 1. The number of carbonyl (C=O) groups excluding carboxylic acids is 1. The first-order chi connectivity index (χ1) is 8.79. The fourth-order valence-corrected chi connectivity index (χ4v) is 2.27. The van der Waals surface area contributed by atoms with Gasteiger partial charge < -0.3 is 4.74 Å². The van der Waals surface area contributed by atoms with Gasteiger partial charge >= 0.3 is 0 Å². The summed E-state index contributed by atoms with van der Waals surface area (Å²) in [5, 5.41) is 0. The molecule has 1 fully saturated rings. The highest BCUT2D eigenvalue weighted by Gasteiger charge is 2.15. The van der Waals surface area contributed by atoms with Crippen LogP contribution >= 0.6 is 0 Å². The molecule has 0 saturated heterocycles. The fourth-order valence-electron chi connectivity index (χ4n) is 2.27. The van der Waals surface area contributed by atoms with Gasteiger partial charge in [-0.1, -0.05) is 18.9 Å². The van der Waals surface area contributed by atoms with Gasteiger partial charge in [0.25, 0.3) is 5.91 Å². The van der Waals surface area contributed by atoms with Crippen LogP contribution in [-0.2, 0) is 11.3 Å². The predicted octanol–water partition coefficient (Wildman–Crippen LogP) is 1.39. The number of hydrazine groups is 1. The van der Waals surface area contributed by atoms with Crippen LogP contribution in [0.5, 0.6) is 0 Å². The summed E-state index contributed by atoms with van der Waals surface area (Å²) >= 11 is 0. The molecule has 5 nitrogen and oxygen atoms in total. The average molecular weight is 249 g/mol. The number of hydrogen-bond donors (Lipinski definition) is 2.